The van der Waals surface area contributed by atoms with Crippen molar-refractivity contribution in [2.45, 2.75) is 12.5 Å². The van der Waals surface area contributed by atoms with Crippen molar-refractivity contribution < 1.29 is 14.0 Å². The largest absolute Gasteiger partial charge is 0.354 e. The molecule has 19 heavy (non-hydrogen) atoms. The van der Waals surface area contributed by atoms with Gasteiger partial charge in [0.05, 0.1) is 5.75 Å². The number of carbonyl (C=O) groups is 2. The van der Waals surface area contributed by atoms with Crippen LogP contribution in [-0.4, -0.2) is 35.9 Å². The van der Waals surface area contributed by atoms with E-state index in [1.54, 1.807) is 12.1 Å². The first-order chi connectivity index (χ1) is 9.15. The molecule has 1 atom stereocenters. The van der Waals surface area contributed by atoms with E-state index in [1.807, 2.05) is 0 Å². The van der Waals surface area contributed by atoms with Gasteiger partial charge in [0, 0.05) is 12.3 Å². The highest BCUT2D eigenvalue weighted by molar-refractivity contribution is 8.00. The van der Waals surface area contributed by atoms with Crippen LogP contribution in [0.3, 0.4) is 0 Å². The van der Waals surface area contributed by atoms with Crippen molar-refractivity contribution in [2.75, 3.05) is 18.1 Å². The Morgan fingerprint density at radius 1 is 1.42 bits per heavy atom. The first-order valence-electron chi connectivity index (χ1n) is 6.04. The molecule has 0 saturated carbocycles. The third-order valence-electron chi connectivity index (χ3n) is 2.80. The van der Waals surface area contributed by atoms with E-state index in [2.05, 4.69) is 10.6 Å². The van der Waals surface area contributed by atoms with Crippen molar-refractivity contribution in [3.8, 4) is 0 Å². The van der Waals surface area contributed by atoms with E-state index in [0.29, 0.717) is 24.5 Å². The van der Waals surface area contributed by atoms with Crippen molar-refractivity contribution in [3.05, 3.63) is 35.6 Å². The second kappa shape index (κ2) is 6.56. The normalized spacial score (nSPS) is 18.8. The number of hydrogen-bond donors (Lipinski definition) is 2. The molecule has 102 valence electrons. The molecule has 1 unspecified atom stereocenters. The maximum Gasteiger partial charge on any atom is 0.243 e. The molecule has 0 radical (unpaired) electrons. The van der Waals surface area contributed by atoms with Gasteiger partial charge in [-0.05, 0) is 24.1 Å². The van der Waals surface area contributed by atoms with Crippen LogP contribution in [-0.2, 0) is 16.0 Å². The van der Waals surface area contributed by atoms with Crippen LogP contribution in [0.25, 0.3) is 0 Å². The Morgan fingerprint density at radius 3 is 2.84 bits per heavy atom. The van der Waals surface area contributed by atoms with Gasteiger partial charge in [-0.15, -0.1) is 11.8 Å². The number of carbonyl (C=O) groups excluding carboxylic acids is 2. The highest BCUT2D eigenvalue weighted by atomic mass is 32.2. The van der Waals surface area contributed by atoms with Crippen LogP contribution in [0, 0.1) is 5.82 Å². The standard InChI is InChI=1S/C13H15FN2O2S/c14-10-3-1-9(2-4-10)5-6-15-13(18)11-7-19-8-12(17)16-11/h1-4,11H,5-8H2,(H,15,18)(H,16,17). The fourth-order valence-electron chi connectivity index (χ4n) is 1.79. The Labute approximate surface area is 115 Å². The van der Waals surface area contributed by atoms with Crippen LogP contribution in [0.1, 0.15) is 5.56 Å². The molecule has 0 bridgehead atoms. The van der Waals surface area contributed by atoms with E-state index in [4.69, 9.17) is 0 Å². The number of benzene rings is 1. The monoisotopic (exact) mass is 282 g/mol. The summed E-state index contributed by atoms with van der Waals surface area (Å²) in [4.78, 5) is 22.9. The van der Waals surface area contributed by atoms with E-state index >= 15 is 0 Å². The van der Waals surface area contributed by atoms with Gasteiger partial charge >= 0.3 is 0 Å². The van der Waals surface area contributed by atoms with Gasteiger partial charge in [-0.1, -0.05) is 12.1 Å². The Balaban J connectivity index is 1.74. The third kappa shape index (κ3) is 4.24. The molecule has 2 N–H and O–H groups in total. The maximum atomic E-state index is 12.7. The summed E-state index contributed by atoms with van der Waals surface area (Å²) < 4.78 is 12.7. The van der Waals surface area contributed by atoms with Gasteiger partial charge in [-0.3, -0.25) is 9.59 Å². The molecule has 6 heteroatoms. The minimum absolute atomic E-state index is 0.102. The van der Waals surface area contributed by atoms with Crippen molar-refractivity contribution in [3.63, 3.8) is 0 Å². The van der Waals surface area contributed by atoms with Gasteiger partial charge < -0.3 is 10.6 Å². The number of thioether (sulfide) groups is 1. The van der Waals surface area contributed by atoms with E-state index in [-0.39, 0.29) is 17.6 Å². The van der Waals surface area contributed by atoms with Crippen LogP contribution < -0.4 is 10.6 Å². The Bertz CT molecular complexity index is 464. The van der Waals surface area contributed by atoms with Crippen molar-refractivity contribution >= 4 is 23.6 Å². The van der Waals surface area contributed by atoms with Crippen LogP contribution in [0.15, 0.2) is 24.3 Å². The molecule has 0 spiro atoms. The lowest BCUT2D eigenvalue weighted by atomic mass is 10.1. The van der Waals surface area contributed by atoms with Gasteiger partial charge in [-0.25, -0.2) is 4.39 Å². The van der Waals surface area contributed by atoms with Crippen LogP contribution in [0.2, 0.25) is 0 Å². The zero-order valence-corrected chi connectivity index (χ0v) is 11.1. The zero-order chi connectivity index (χ0) is 13.7. The molecule has 1 aliphatic rings. The molecule has 1 aromatic rings. The number of amides is 2. The van der Waals surface area contributed by atoms with E-state index < -0.39 is 6.04 Å². The van der Waals surface area contributed by atoms with Crippen molar-refractivity contribution in [1.82, 2.24) is 10.6 Å². The van der Waals surface area contributed by atoms with Crippen molar-refractivity contribution in [2.24, 2.45) is 0 Å². The lowest BCUT2D eigenvalue weighted by Gasteiger charge is -2.21. The number of hydrogen-bond acceptors (Lipinski definition) is 3. The average molecular weight is 282 g/mol. The van der Waals surface area contributed by atoms with E-state index in [0.717, 1.165) is 5.56 Å². The zero-order valence-electron chi connectivity index (χ0n) is 10.3. The molecule has 4 nitrogen and oxygen atoms in total. The van der Waals surface area contributed by atoms with Gasteiger partial charge in [0.25, 0.3) is 0 Å². The Morgan fingerprint density at radius 2 is 2.16 bits per heavy atom. The quantitative estimate of drug-likeness (QED) is 0.855. The van der Waals surface area contributed by atoms with Crippen LogP contribution in [0.5, 0.6) is 0 Å². The molecule has 2 rings (SSSR count). The minimum atomic E-state index is -0.445. The summed E-state index contributed by atoms with van der Waals surface area (Å²) in [6.07, 6.45) is 0.639. The molecule has 1 saturated heterocycles. The van der Waals surface area contributed by atoms with Crippen molar-refractivity contribution in [1.29, 1.82) is 0 Å². The summed E-state index contributed by atoms with van der Waals surface area (Å²) in [5.74, 6) is 0.486. The first-order valence-corrected chi connectivity index (χ1v) is 7.20. The Kier molecular flexibility index (Phi) is 4.79. The molecular weight excluding hydrogens is 267 g/mol. The maximum absolute atomic E-state index is 12.7. The smallest absolute Gasteiger partial charge is 0.243 e. The fourth-order valence-corrected chi connectivity index (χ4v) is 2.65. The summed E-state index contributed by atoms with van der Waals surface area (Å²) in [7, 11) is 0. The summed E-state index contributed by atoms with van der Waals surface area (Å²) in [5, 5.41) is 5.43. The molecule has 0 aliphatic carbocycles. The highest BCUT2D eigenvalue weighted by Crippen LogP contribution is 2.08. The second-order valence-corrected chi connectivity index (χ2v) is 5.33. The van der Waals surface area contributed by atoms with Gasteiger partial charge in [0.1, 0.15) is 11.9 Å². The molecule has 1 fully saturated rings. The SMILES string of the molecule is O=C1CSCC(C(=O)NCCc2ccc(F)cc2)N1. The van der Waals surface area contributed by atoms with E-state index in [9.17, 15) is 14.0 Å². The van der Waals surface area contributed by atoms with Gasteiger partial charge in [0.2, 0.25) is 11.8 Å². The summed E-state index contributed by atoms with van der Waals surface area (Å²) in [6, 6.07) is 5.74. The lowest BCUT2D eigenvalue weighted by Crippen LogP contribution is -2.51. The summed E-state index contributed by atoms with van der Waals surface area (Å²) >= 11 is 1.46. The molecular formula is C13H15FN2O2S. The number of rotatable bonds is 4. The topological polar surface area (TPSA) is 58.2 Å². The summed E-state index contributed by atoms with van der Waals surface area (Å²) in [6.45, 7) is 0.474. The molecule has 2 amide bonds. The first kappa shape index (κ1) is 13.9. The minimum Gasteiger partial charge on any atom is -0.354 e. The second-order valence-electron chi connectivity index (χ2n) is 4.30. The molecule has 1 heterocycles. The third-order valence-corrected chi connectivity index (χ3v) is 3.83. The van der Waals surface area contributed by atoms with Crippen LogP contribution in [0.4, 0.5) is 4.39 Å². The molecule has 1 aromatic carbocycles. The fraction of sp³-hybridized carbons (Fsp3) is 0.385. The predicted octanol–water partition coefficient (Wildman–Crippen LogP) is 0.716. The van der Waals surface area contributed by atoms with Gasteiger partial charge in [-0.2, -0.15) is 0 Å². The number of halogens is 1. The summed E-state index contributed by atoms with van der Waals surface area (Å²) in [5.41, 5.74) is 0.962. The highest BCUT2D eigenvalue weighted by Gasteiger charge is 2.24. The molecule has 0 aromatic heterocycles. The molecule has 1 aliphatic heterocycles. The van der Waals surface area contributed by atoms with Crippen LogP contribution >= 0.6 is 11.8 Å². The van der Waals surface area contributed by atoms with Gasteiger partial charge in [0.15, 0.2) is 0 Å². The number of nitrogens with one attached hydrogen (secondary N) is 2. The Hall–Kier alpha value is -1.56. The van der Waals surface area contributed by atoms with E-state index in [1.165, 1.54) is 23.9 Å². The lowest BCUT2D eigenvalue weighted by molar-refractivity contribution is -0.127. The average Bonchev–Trinajstić information content (AvgIpc) is 2.41. The predicted molar refractivity (Wildman–Crippen MR) is 72.4 cm³/mol.